The van der Waals surface area contributed by atoms with Gasteiger partial charge in [-0.2, -0.15) is 0 Å². The molecule has 0 aromatic carbocycles. The third-order valence-electron chi connectivity index (χ3n) is 4.35. The van der Waals surface area contributed by atoms with Crippen molar-refractivity contribution in [3.8, 4) is 0 Å². The zero-order valence-corrected chi connectivity index (χ0v) is 14.8. The van der Waals surface area contributed by atoms with Crippen molar-refractivity contribution in [2.24, 2.45) is 4.99 Å². The summed E-state index contributed by atoms with van der Waals surface area (Å²) >= 11 is 1.55. The molecule has 134 valence electrons. The fourth-order valence-electron chi connectivity index (χ4n) is 3.19. The highest BCUT2D eigenvalue weighted by molar-refractivity contribution is 8.14. The predicted molar refractivity (Wildman–Crippen MR) is 95.3 cm³/mol. The zero-order valence-electron chi connectivity index (χ0n) is 14.0. The lowest BCUT2D eigenvalue weighted by atomic mass is 10.0. The number of aliphatic hydroxyl groups excluding tert-OH is 1. The summed E-state index contributed by atoms with van der Waals surface area (Å²) in [6, 6.07) is 3.88. The Morgan fingerprint density at radius 2 is 2.28 bits per heavy atom. The molecule has 4 heterocycles. The third-order valence-corrected chi connectivity index (χ3v) is 5.45. The van der Waals surface area contributed by atoms with Crippen LogP contribution in [0.1, 0.15) is 19.0 Å². The fraction of sp³-hybridized carbons (Fsp3) is 0.562. The Kier molecular flexibility index (Phi) is 4.78. The van der Waals surface area contributed by atoms with Crippen molar-refractivity contribution in [2.75, 3.05) is 6.54 Å². The standard InChI is InChI=1S/C16H22N6O2S/c1-2-17-16-18-14-13(23)7-12(24-15(14)25-16)10-22-9-11(19-20-22)8-21-5-3-4-6-21/h3-6,9,12-15,23H,2,7-8,10H2,1H3,(H,17,18). The van der Waals surface area contributed by atoms with Crippen molar-refractivity contribution >= 4 is 16.9 Å². The first-order valence-corrected chi connectivity index (χ1v) is 9.40. The molecular formula is C16H22N6O2S. The molecule has 2 N–H and O–H groups in total. The molecule has 0 saturated carbocycles. The van der Waals surface area contributed by atoms with Crippen LogP contribution in [0.2, 0.25) is 0 Å². The first-order valence-electron chi connectivity index (χ1n) is 8.52. The normalized spacial score (nSPS) is 30.4. The number of nitrogens with one attached hydrogen (secondary N) is 1. The predicted octanol–water partition coefficient (Wildman–Crippen LogP) is 0.685. The number of fused-ring (bicyclic) bond motifs is 1. The number of hydrogen-bond donors (Lipinski definition) is 2. The Morgan fingerprint density at radius 3 is 3.08 bits per heavy atom. The highest BCUT2D eigenvalue weighted by atomic mass is 32.2. The Labute approximate surface area is 150 Å². The van der Waals surface area contributed by atoms with E-state index in [1.807, 2.05) is 37.6 Å². The molecular weight excluding hydrogens is 340 g/mol. The first-order chi connectivity index (χ1) is 12.2. The minimum atomic E-state index is -0.455. The van der Waals surface area contributed by atoms with E-state index in [0.29, 0.717) is 19.5 Å². The largest absolute Gasteiger partial charge is 0.391 e. The van der Waals surface area contributed by atoms with Crippen LogP contribution in [-0.2, 0) is 17.8 Å². The van der Waals surface area contributed by atoms with Gasteiger partial charge in [-0.1, -0.05) is 17.0 Å². The molecule has 9 heteroatoms. The lowest BCUT2D eigenvalue weighted by Gasteiger charge is -2.34. The summed E-state index contributed by atoms with van der Waals surface area (Å²) in [7, 11) is 0. The van der Waals surface area contributed by atoms with E-state index in [2.05, 4.69) is 25.2 Å². The zero-order chi connectivity index (χ0) is 17.2. The number of thioether (sulfide) groups is 1. The molecule has 2 aliphatic heterocycles. The second-order valence-corrected chi connectivity index (χ2v) is 7.37. The van der Waals surface area contributed by atoms with Gasteiger partial charge in [-0.3, -0.25) is 4.99 Å². The summed E-state index contributed by atoms with van der Waals surface area (Å²) < 4.78 is 9.99. The topological polar surface area (TPSA) is 89.5 Å². The smallest absolute Gasteiger partial charge is 0.159 e. The van der Waals surface area contributed by atoms with Gasteiger partial charge in [0.15, 0.2) is 5.17 Å². The molecule has 2 aromatic rings. The van der Waals surface area contributed by atoms with Gasteiger partial charge in [0.1, 0.15) is 11.1 Å². The molecule has 2 aliphatic rings. The molecule has 4 rings (SSSR count). The molecule has 0 spiro atoms. The lowest BCUT2D eigenvalue weighted by molar-refractivity contribution is -0.0809. The summed E-state index contributed by atoms with van der Waals surface area (Å²) in [5.74, 6) is 0. The molecule has 8 nitrogen and oxygen atoms in total. The number of ether oxygens (including phenoxy) is 1. The minimum absolute atomic E-state index is 0.0901. The Morgan fingerprint density at radius 1 is 1.44 bits per heavy atom. The maximum atomic E-state index is 10.4. The number of hydrogen-bond acceptors (Lipinski definition) is 6. The van der Waals surface area contributed by atoms with E-state index in [0.717, 1.165) is 17.4 Å². The number of aliphatic hydroxyl groups is 1. The monoisotopic (exact) mass is 362 g/mol. The number of nitrogens with zero attached hydrogens (tertiary/aromatic N) is 5. The van der Waals surface area contributed by atoms with Gasteiger partial charge in [0.25, 0.3) is 0 Å². The van der Waals surface area contributed by atoms with Gasteiger partial charge in [-0.25, -0.2) is 4.68 Å². The summed E-state index contributed by atoms with van der Waals surface area (Å²) in [4.78, 5) is 4.38. The number of aliphatic imine (C=N–C) groups is 1. The Bertz CT molecular complexity index is 731. The van der Waals surface area contributed by atoms with Gasteiger partial charge in [0.2, 0.25) is 0 Å². The van der Waals surface area contributed by atoms with Crippen molar-refractivity contribution in [3.05, 3.63) is 36.4 Å². The average molecular weight is 362 g/mol. The Hall–Kier alpha value is -1.84. The van der Waals surface area contributed by atoms with Gasteiger partial charge in [0.05, 0.1) is 37.5 Å². The average Bonchev–Trinajstić information content (AvgIpc) is 3.30. The van der Waals surface area contributed by atoms with Crippen LogP contribution >= 0.6 is 11.8 Å². The molecule has 2 saturated heterocycles. The first kappa shape index (κ1) is 16.6. The van der Waals surface area contributed by atoms with Crippen LogP contribution in [0.4, 0.5) is 0 Å². The van der Waals surface area contributed by atoms with Crippen LogP contribution in [0.5, 0.6) is 0 Å². The second kappa shape index (κ2) is 7.19. The van der Waals surface area contributed by atoms with Crippen molar-refractivity contribution in [3.63, 3.8) is 0 Å². The maximum absolute atomic E-state index is 10.4. The van der Waals surface area contributed by atoms with Gasteiger partial charge in [-0.15, -0.1) is 5.10 Å². The maximum Gasteiger partial charge on any atom is 0.159 e. The minimum Gasteiger partial charge on any atom is -0.391 e. The van der Waals surface area contributed by atoms with E-state index in [4.69, 9.17) is 4.74 Å². The van der Waals surface area contributed by atoms with E-state index >= 15 is 0 Å². The highest BCUT2D eigenvalue weighted by Crippen LogP contribution is 2.34. The fourth-order valence-corrected chi connectivity index (χ4v) is 4.43. The van der Waals surface area contributed by atoms with Gasteiger partial charge < -0.3 is 19.7 Å². The van der Waals surface area contributed by atoms with Crippen LogP contribution in [0.15, 0.2) is 35.7 Å². The molecule has 2 aromatic heterocycles. The third kappa shape index (κ3) is 3.73. The number of rotatable bonds is 5. The molecule has 0 aliphatic carbocycles. The summed E-state index contributed by atoms with van der Waals surface area (Å²) in [5, 5.41) is 22.9. The highest BCUT2D eigenvalue weighted by Gasteiger charge is 2.44. The van der Waals surface area contributed by atoms with E-state index < -0.39 is 6.10 Å². The molecule has 0 radical (unpaired) electrons. The summed E-state index contributed by atoms with van der Waals surface area (Å²) in [6.07, 6.45) is 5.96. The summed E-state index contributed by atoms with van der Waals surface area (Å²) in [6.45, 7) is 3.99. The SMILES string of the molecule is CCN=C1NC2C(O)CC(Cn3cc(Cn4cccc4)nn3)OC2S1. The van der Waals surface area contributed by atoms with Crippen LogP contribution in [0.3, 0.4) is 0 Å². The number of aromatic nitrogens is 4. The number of amidine groups is 1. The van der Waals surface area contributed by atoms with Crippen molar-refractivity contribution < 1.29 is 9.84 Å². The molecule has 0 bridgehead atoms. The van der Waals surface area contributed by atoms with Gasteiger partial charge in [0, 0.05) is 25.4 Å². The van der Waals surface area contributed by atoms with E-state index in [-0.39, 0.29) is 17.6 Å². The van der Waals surface area contributed by atoms with E-state index in [1.165, 1.54) is 0 Å². The molecule has 0 amide bonds. The molecule has 2 fully saturated rings. The molecule has 4 unspecified atom stereocenters. The van der Waals surface area contributed by atoms with Crippen LogP contribution in [0.25, 0.3) is 0 Å². The lowest BCUT2D eigenvalue weighted by Crippen LogP contribution is -2.51. The van der Waals surface area contributed by atoms with E-state index in [1.54, 1.807) is 16.4 Å². The van der Waals surface area contributed by atoms with Crippen LogP contribution in [-0.4, -0.2) is 60.1 Å². The van der Waals surface area contributed by atoms with Crippen LogP contribution < -0.4 is 5.32 Å². The molecule has 25 heavy (non-hydrogen) atoms. The summed E-state index contributed by atoms with van der Waals surface area (Å²) in [5.41, 5.74) is 0.793. The van der Waals surface area contributed by atoms with Crippen molar-refractivity contribution in [1.82, 2.24) is 24.9 Å². The van der Waals surface area contributed by atoms with Crippen molar-refractivity contribution in [2.45, 2.75) is 50.1 Å². The second-order valence-electron chi connectivity index (χ2n) is 6.28. The Balaban J connectivity index is 1.37. The van der Waals surface area contributed by atoms with Crippen LogP contribution in [0, 0.1) is 0 Å². The van der Waals surface area contributed by atoms with Gasteiger partial charge in [-0.05, 0) is 19.1 Å². The van der Waals surface area contributed by atoms with E-state index in [9.17, 15) is 5.11 Å². The van der Waals surface area contributed by atoms with Gasteiger partial charge >= 0.3 is 0 Å². The molecule has 4 atom stereocenters. The quantitative estimate of drug-likeness (QED) is 0.813. The van der Waals surface area contributed by atoms with Crippen molar-refractivity contribution in [1.29, 1.82) is 0 Å².